The molecule has 0 spiro atoms. The summed E-state index contributed by atoms with van der Waals surface area (Å²) in [4.78, 5) is 25.0. The average molecular weight is 198 g/mol. The second-order valence-electron chi connectivity index (χ2n) is 4.18. The van der Waals surface area contributed by atoms with Gasteiger partial charge >= 0.3 is 0 Å². The summed E-state index contributed by atoms with van der Waals surface area (Å²) in [5.74, 6) is -0.0279. The fourth-order valence-electron chi connectivity index (χ4n) is 1.93. The Labute approximate surface area is 84.7 Å². The maximum atomic E-state index is 11.9. The zero-order valence-electron chi connectivity index (χ0n) is 9.20. The van der Waals surface area contributed by atoms with Crippen LogP contribution >= 0.6 is 0 Å². The Kier molecular flexibility index (Phi) is 3.13. The van der Waals surface area contributed by atoms with Crippen molar-refractivity contribution in [3.05, 3.63) is 0 Å². The lowest BCUT2D eigenvalue weighted by Crippen LogP contribution is -2.48. The minimum Gasteiger partial charge on any atom is -0.345 e. The van der Waals surface area contributed by atoms with Crippen LogP contribution in [0.1, 0.15) is 34.1 Å². The van der Waals surface area contributed by atoms with Crippen molar-refractivity contribution in [2.75, 3.05) is 0 Å². The van der Waals surface area contributed by atoms with E-state index in [-0.39, 0.29) is 23.9 Å². The molecule has 0 aliphatic carbocycles. The largest absolute Gasteiger partial charge is 0.345 e. The molecule has 4 nitrogen and oxygen atoms in total. The lowest BCUT2D eigenvalue weighted by Gasteiger charge is -2.31. The molecule has 0 bridgehead atoms. The molecule has 1 aliphatic heterocycles. The Morgan fingerprint density at radius 2 is 1.93 bits per heavy atom. The van der Waals surface area contributed by atoms with Crippen LogP contribution in [0.5, 0.6) is 0 Å². The van der Waals surface area contributed by atoms with Gasteiger partial charge in [0.15, 0.2) is 0 Å². The van der Waals surface area contributed by atoms with Gasteiger partial charge in [0.25, 0.3) is 0 Å². The molecular formula is C10H18N2O2. The standard InChI is InChI=1S/C10H18N2O2/c1-6(2)12-7(3)5-9(13)11-8(4)10(12)14/h6-8H,5H2,1-4H3,(H,11,13). The molecule has 1 saturated heterocycles. The van der Waals surface area contributed by atoms with Crippen LogP contribution in [0.15, 0.2) is 0 Å². The fourth-order valence-corrected chi connectivity index (χ4v) is 1.93. The van der Waals surface area contributed by atoms with Gasteiger partial charge in [0.2, 0.25) is 11.8 Å². The van der Waals surface area contributed by atoms with E-state index in [1.807, 2.05) is 20.8 Å². The summed E-state index contributed by atoms with van der Waals surface area (Å²) in [7, 11) is 0. The Balaban J connectivity index is 2.90. The van der Waals surface area contributed by atoms with E-state index in [0.29, 0.717) is 6.42 Å². The predicted molar refractivity (Wildman–Crippen MR) is 53.7 cm³/mol. The van der Waals surface area contributed by atoms with Crippen molar-refractivity contribution >= 4 is 11.8 Å². The summed E-state index contributed by atoms with van der Waals surface area (Å²) in [6, 6.07) is -0.255. The first-order valence-electron chi connectivity index (χ1n) is 5.05. The van der Waals surface area contributed by atoms with Crippen LogP contribution in [0.2, 0.25) is 0 Å². The number of nitrogens with zero attached hydrogens (tertiary/aromatic N) is 1. The van der Waals surface area contributed by atoms with Gasteiger partial charge in [0.1, 0.15) is 6.04 Å². The molecule has 80 valence electrons. The molecule has 0 saturated carbocycles. The number of amides is 2. The minimum absolute atomic E-state index is 0.00699. The highest BCUT2D eigenvalue weighted by molar-refractivity contribution is 5.90. The molecule has 2 amide bonds. The van der Waals surface area contributed by atoms with Crippen molar-refractivity contribution in [1.82, 2.24) is 10.2 Å². The highest BCUT2D eigenvalue weighted by Gasteiger charge is 2.32. The minimum atomic E-state index is -0.394. The van der Waals surface area contributed by atoms with Crippen molar-refractivity contribution in [3.63, 3.8) is 0 Å². The molecule has 0 aromatic rings. The summed E-state index contributed by atoms with van der Waals surface area (Å²) in [5.41, 5.74) is 0. The second kappa shape index (κ2) is 3.98. The number of rotatable bonds is 1. The Morgan fingerprint density at radius 1 is 1.36 bits per heavy atom. The van der Waals surface area contributed by atoms with E-state index >= 15 is 0 Å². The van der Waals surface area contributed by atoms with Crippen LogP contribution in [-0.4, -0.2) is 34.8 Å². The molecule has 1 fully saturated rings. The summed E-state index contributed by atoms with van der Waals surface area (Å²) in [6.45, 7) is 7.58. The van der Waals surface area contributed by atoms with Gasteiger partial charge in [-0.3, -0.25) is 9.59 Å². The Morgan fingerprint density at radius 3 is 2.43 bits per heavy atom. The molecule has 1 heterocycles. The van der Waals surface area contributed by atoms with E-state index in [9.17, 15) is 9.59 Å². The van der Waals surface area contributed by atoms with E-state index in [0.717, 1.165) is 0 Å². The van der Waals surface area contributed by atoms with Gasteiger partial charge in [0.05, 0.1) is 0 Å². The zero-order valence-corrected chi connectivity index (χ0v) is 9.20. The average Bonchev–Trinajstić information content (AvgIpc) is 2.09. The second-order valence-corrected chi connectivity index (χ2v) is 4.18. The van der Waals surface area contributed by atoms with Gasteiger partial charge in [-0.15, -0.1) is 0 Å². The highest BCUT2D eigenvalue weighted by atomic mass is 16.2. The van der Waals surface area contributed by atoms with Crippen molar-refractivity contribution in [2.45, 2.75) is 52.2 Å². The van der Waals surface area contributed by atoms with Crippen LogP contribution in [-0.2, 0) is 9.59 Å². The van der Waals surface area contributed by atoms with Crippen LogP contribution < -0.4 is 5.32 Å². The summed E-state index contributed by atoms with van der Waals surface area (Å²) in [5, 5.41) is 2.68. The molecule has 1 aliphatic rings. The molecule has 1 N–H and O–H groups in total. The first-order valence-corrected chi connectivity index (χ1v) is 5.05. The molecule has 14 heavy (non-hydrogen) atoms. The molecule has 0 aromatic heterocycles. The van der Waals surface area contributed by atoms with Gasteiger partial charge in [-0.1, -0.05) is 0 Å². The molecule has 0 radical (unpaired) electrons. The van der Waals surface area contributed by atoms with E-state index in [1.165, 1.54) is 0 Å². The quantitative estimate of drug-likeness (QED) is 0.667. The van der Waals surface area contributed by atoms with Gasteiger partial charge in [0, 0.05) is 18.5 Å². The highest BCUT2D eigenvalue weighted by Crippen LogP contribution is 2.14. The molecule has 2 atom stereocenters. The molecule has 4 heteroatoms. The Bertz CT molecular complexity index is 251. The van der Waals surface area contributed by atoms with Crippen LogP contribution in [0.25, 0.3) is 0 Å². The van der Waals surface area contributed by atoms with E-state index in [2.05, 4.69) is 5.32 Å². The van der Waals surface area contributed by atoms with Crippen LogP contribution in [0.3, 0.4) is 0 Å². The first-order chi connectivity index (χ1) is 6.43. The molecule has 2 unspecified atom stereocenters. The lowest BCUT2D eigenvalue weighted by atomic mass is 10.1. The number of nitrogens with one attached hydrogen (secondary N) is 1. The third-order valence-electron chi connectivity index (χ3n) is 2.51. The topological polar surface area (TPSA) is 49.4 Å². The van der Waals surface area contributed by atoms with Gasteiger partial charge < -0.3 is 10.2 Å². The van der Waals surface area contributed by atoms with Crippen molar-refractivity contribution < 1.29 is 9.59 Å². The Hall–Kier alpha value is -1.06. The van der Waals surface area contributed by atoms with Crippen molar-refractivity contribution in [3.8, 4) is 0 Å². The van der Waals surface area contributed by atoms with Crippen molar-refractivity contribution in [2.24, 2.45) is 0 Å². The normalized spacial score (nSPS) is 29.1. The lowest BCUT2D eigenvalue weighted by molar-refractivity contribution is -0.136. The number of carbonyl (C=O) groups excluding carboxylic acids is 2. The monoisotopic (exact) mass is 198 g/mol. The molecular weight excluding hydrogens is 180 g/mol. The number of carbonyl (C=O) groups is 2. The van der Waals surface area contributed by atoms with Gasteiger partial charge in [-0.2, -0.15) is 0 Å². The number of hydrogen-bond acceptors (Lipinski definition) is 2. The van der Waals surface area contributed by atoms with Gasteiger partial charge in [-0.25, -0.2) is 0 Å². The van der Waals surface area contributed by atoms with Crippen LogP contribution in [0, 0.1) is 0 Å². The third-order valence-corrected chi connectivity index (χ3v) is 2.51. The van der Waals surface area contributed by atoms with Crippen LogP contribution in [0.4, 0.5) is 0 Å². The smallest absolute Gasteiger partial charge is 0.245 e. The summed E-state index contributed by atoms with van der Waals surface area (Å²) < 4.78 is 0. The van der Waals surface area contributed by atoms with E-state index in [4.69, 9.17) is 0 Å². The number of hydrogen-bond donors (Lipinski definition) is 1. The third kappa shape index (κ3) is 2.05. The fraction of sp³-hybridized carbons (Fsp3) is 0.800. The molecule has 0 aromatic carbocycles. The SMILES string of the molecule is CC1NC(=O)CC(C)N(C(C)C)C1=O. The maximum Gasteiger partial charge on any atom is 0.245 e. The predicted octanol–water partition coefficient (Wildman–Crippen LogP) is 0.520. The maximum absolute atomic E-state index is 11.9. The summed E-state index contributed by atoms with van der Waals surface area (Å²) >= 11 is 0. The van der Waals surface area contributed by atoms with E-state index in [1.54, 1.807) is 11.8 Å². The van der Waals surface area contributed by atoms with Gasteiger partial charge in [-0.05, 0) is 27.7 Å². The van der Waals surface area contributed by atoms with Crippen molar-refractivity contribution in [1.29, 1.82) is 0 Å². The first kappa shape index (κ1) is 11.0. The van der Waals surface area contributed by atoms with E-state index < -0.39 is 6.04 Å². The zero-order chi connectivity index (χ0) is 10.9. The molecule has 1 rings (SSSR count). The summed E-state index contributed by atoms with van der Waals surface area (Å²) in [6.07, 6.45) is 0.397.